The number of methoxy groups -OCH3 is 2. The van der Waals surface area contributed by atoms with Gasteiger partial charge in [0.1, 0.15) is 0 Å². The molecule has 2 heterocycles. The number of likely N-dealkylation sites (tertiary alicyclic amines) is 1. The van der Waals surface area contributed by atoms with Crippen molar-refractivity contribution in [2.24, 2.45) is 0 Å². The third-order valence-corrected chi connectivity index (χ3v) is 6.04. The zero-order valence-electron chi connectivity index (χ0n) is 15.3. The molecule has 1 spiro atoms. The molecule has 0 bridgehead atoms. The van der Waals surface area contributed by atoms with Gasteiger partial charge in [0, 0.05) is 19.6 Å². The van der Waals surface area contributed by atoms with Crippen LogP contribution in [0.2, 0.25) is 0 Å². The van der Waals surface area contributed by atoms with Gasteiger partial charge in [0.05, 0.1) is 25.2 Å². The van der Waals surface area contributed by atoms with Gasteiger partial charge in [-0.05, 0) is 30.5 Å². The second kappa shape index (κ2) is 6.07. The highest BCUT2D eigenvalue weighted by atomic mass is 16.5. The first kappa shape index (κ1) is 17.0. The van der Waals surface area contributed by atoms with E-state index in [0.717, 1.165) is 31.2 Å². The number of nitrogens with one attached hydrogen (secondary N) is 2. The van der Waals surface area contributed by atoms with Crippen molar-refractivity contribution in [3.63, 3.8) is 0 Å². The second-order valence-electron chi connectivity index (χ2n) is 7.61. The molecule has 7 heteroatoms. The van der Waals surface area contributed by atoms with Crippen LogP contribution in [0.25, 0.3) is 0 Å². The summed E-state index contributed by atoms with van der Waals surface area (Å²) in [5.74, 6) is 1.48. The number of rotatable bonds is 4. The van der Waals surface area contributed by atoms with Crippen molar-refractivity contribution in [1.82, 2.24) is 15.5 Å². The summed E-state index contributed by atoms with van der Waals surface area (Å²) in [6, 6.07) is 5.66. The van der Waals surface area contributed by atoms with E-state index in [1.165, 1.54) is 0 Å². The van der Waals surface area contributed by atoms with E-state index < -0.39 is 5.41 Å². The van der Waals surface area contributed by atoms with Crippen molar-refractivity contribution >= 4 is 11.9 Å². The molecule has 3 fully saturated rings. The van der Waals surface area contributed by atoms with Gasteiger partial charge in [-0.2, -0.15) is 0 Å². The zero-order chi connectivity index (χ0) is 18.4. The van der Waals surface area contributed by atoms with Crippen LogP contribution in [-0.4, -0.2) is 56.2 Å². The van der Waals surface area contributed by atoms with Crippen molar-refractivity contribution < 1.29 is 19.1 Å². The third kappa shape index (κ3) is 2.48. The molecule has 140 valence electrons. The molecule has 3 amide bonds. The van der Waals surface area contributed by atoms with Gasteiger partial charge in [-0.15, -0.1) is 0 Å². The van der Waals surface area contributed by atoms with Crippen LogP contribution in [-0.2, 0) is 10.2 Å². The van der Waals surface area contributed by atoms with Gasteiger partial charge in [-0.3, -0.25) is 4.79 Å². The topological polar surface area (TPSA) is 79.9 Å². The molecule has 0 unspecified atom stereocenters. The molecule has 0 atom stereocenters. The van der Waals surface area contributed by atoms with Gasteiger partial charge in [-0.25, -0.2) is 4.79 Å². The van der Waals surface area contributed by atoms with Crippen molar-refractivity contribution in [1.29, 1.82) is 0 Å². The molecule has 1 aliphatic carbocycles. The highest BCUT2D eigenvalue weighted by molar-refractivity contribution is 5.90. The number of benzene rings is 1. The quantitative estimate of drug-likeness (QED) is 0.852. The van der Waals surface area contributed by atoms with Crippen LogP contribution in [0.3, 0.4) is 0 Å². The van der Waals surface area contributed by atoms with E-state index >= 15 is 0 Å². The molecule has 26 heavy (non-hydrogen) atoms. The van der Waals surface area contributed by atoms with Crippen LogP contribution in [0.4, 0.5) is 4.79 Å². The third-order valence-electron chi connectivity index (χ3n) is 6.04. The van der Waals surface area contributed by atoms with E-state index in [0.29, 0.717) is 31.1 Å². The lowest BCUT2D eigenvalue weighted by Gasteiger charge is -2.50. The monoisotopic (exact) mass is 359 g/mol. The molecule has 7 nitrogen and oxygen atoms in total. The number of hydrogen-bond acceptors (Lipinski definition) is 4. The van der Waals surface area contributed by atoms with Crippen LogP contribution >= 0.6 is 0 Å². The fourth-order valence-electron chi connectivity index (χ4n) is 4.64. The number of urea groups is 1. The minimum absolute atomic E-state index is 0.146. The Bertz CT molecular complexity index is 736. The Morgan fingerprint density at radius 1 is 1.12 bits per heavy atom. The second-order valence-corrected chi connectivity index (χ2v) is 7.61. The van der Waals surface area contributed by atoms with Crippen LogP contribution in [0.15, 0.2) is 18.2 Å². The van der Waals surface area contributed by atoms with E-state index in [1.807, 2.05) is 23.1 Å². The molecular formula is C19H25N3O4. The summed E-state index contributed by atoms with van der Waals surface area (Å²) < 4.78 is 10.8. The van der Waals surface area contributed by atoms with E-state index in [9.17, 15) is 9.59 Å². The normalized spacial score (nSPS) is 22.5. The SMILES string of the molecule is COc1ccc(C2(C(=O)N3CC4(CNC(=O)N4)C3)CCCC2)cc1OC. The number of carbonyl (C=O) groups excluding carboxylic acids is 2. The molecule has 3 aliphatic rings. The summed E-state index contributed by atoms with van der Waals surface area (Å²) in [6.07, 6.45) is 3.76. The van der Waals surface area contributed by atoms with Gasteiger partial charge < -0.3 is 25.0 Å². The summed E-state index contributed by atoms with van der Waals surface area (Å²) in [5.41, 5.74) is 0.202. The molecule has 2 saturated heterocycles. The number of ether oxygens (including phenoxy) is 2. The predicted octanol–water partition coefficient (Wildman–Crippen LogP) is 1.41. The van der Waals surface area contributed by atoms with Gasteiger partial charge in [0.15, 0.2) is 11.5 Å². The summed E-state index contributed by atoms with van der Waals surface area (Å²) in [4.78, 5) is 26.8. The average molecular weight is 359 g/mol. The largest absolute Gasteiger partial charge is 0.493 e. The van der Waals surface area contributed by atoms with Crippen molar-refractivity contribution in [2.45, 2.75) is 36.6 Å². The summed E-state index contributed by atoms with van der Waals surface area (Å²) >= 11 is 0. The summed E-state index contributed by atoms with van der Waals surface area (Å²) in [5, 5.41) is 5.74. The van der Waals surface area contributed by atoms with Crippen LogP contribution in [0.1, 0.15) is 31.2 Å². The maximum absolute atomic E-state index is 13.4. The van der Waals surface area contributed by atoms with Crippen LogP contribution < -0.4 is 20.1 Å². The fraction of sp³-hybridized carbons (Fsp3) is 0.579. The standard InChI is InChI=1S/C19H25N3O4/c1-25-14-6-5-13(9-15(14)26-2)19(7-3-4-8-19)16(23)22-11-18(12-22)10-20-17(24)21-18/h5-6,9H,3-4,7-8,10-12H2,1-2H3,(H2,20,21,24). The van der Waals surface area contributed by atoms with Gasteiger partial charge >= 0.3 is 6.03 Å². The molecule has 2 aliphatic heterocycles. The molecule has 1 saturated carbocycles. The Balaban J connectivity index is 1.59. The van der Waals surface area contributed by atoms with Crippen molar-refractivity contribution in [3.05, 3.63) is 23.8 Å². The molecule has 4 rings (SSSR count). The number of amides is 3. The minimum Gasteiger partial charge on any atom is -0.493 e. The number of carbonyl (C=O) groups is 2. The smallest absolute Gasteiger partial charge is 0.315 e. The first-order valence-corrected chi connectivity index (χ1v) is 9.10. The Morgan fingerprint density at radius 3 is 2.38 bits per heavy atom. The highest BCUT2D eigenvalue weighted by Gasteiger charge is 2.54. The predicted molar refractivity (Wildman–Crippen MR) is 95.5 cm³/mol. The first-order chi connectivity index (χ1) is 12.5. The van der Waals surface area contributed by atoms with Crippen molar-refractivity contribution in [2.75, 3.05) is 33.9 Å². The average Bonchev–Trinajstić information content (AvgIpc) is 3.27. The molecular weight excluding hydrogens is 334 g/mol. The molecule has 0 radical (unpaired) electrons. The molecule has 1 aromatic carbocycles. The van der Waals surface area contributed by atoms with Gasteiger partial charge in [-0.1, -0.05) is 18.9 Å². The molecule has 1 aromatic rings. The maximum atomic E-state index is 13.4. The highest BCUT2D eigenvalue weighted by Crippen LogP contribution is 2.46. The van der Waals surface area contributed by atoms with Crippen LogP contribution in [0, 0.1) is 0 Å². The Kier molecular flexibility index (Phi) is 3.97. The Morgan fingerprint density at radius 2 is 1.81 bits per heavy atom. The van der Waals surface area contributed by atoms with E-state index in [4.69, 9.17) is 9.47 Å². The Hall–Kier alpha value is -2.44. The molecule has 2 N–H and O–H groups in total. The number of hydrogen-bond donors (Lipinski definition) is 2. The maximum Gasteiger partial charge on any atom is 0.315 e. The zero-order valence-corrected chi connectivity index (χ0v) is 15.3. The van der Waals surface area contributed by atoms with Gasteiger partial charge in [0.25, 0.3) is 0 Å². The lowest BCUT2D eigenvalue weighted by atomic mass is 9.75. The minimum atomic E-state index is -0.503. The van der Waals surface area contributed by atoms with Crippen LogP contribution in [0.5, 0.6) is 11.5 Å². The van der Waals surface area contributed by atoms with E-state index in [1.54, 1.807) is 14.2 Å². The first-order valence-electron chi connectivity index (χ1n) is 9.10. The van der Waals surface area contributed by atoms with E-state index in [2.05, 4.69) is 10.6 Å². The van der Waals surface area contributed by atoms with Gasteiger partial charge in [0.2, 0.25) is 5.91 Å². The molecule has 0 aromatic heterocycles. The van der Waals surface area contributed by atoms with Crippen molar-refractivity contribution in [3.8, 4) is 11.5 Å². The summed E-state index contributed by atoms with van der Waals surface area (Å²) in [7, 11) is 3.22. The lowest BCUT2D eigenvalue weighted by Crippen LogP contribution is -2.71. The fourth-order valence-corrected chi connectivity index (χ4v) is 4.64. The lowest BCUT2D eigenvalue weighted by molar-refractivity contribution is -0.145. The Labute approximate surface area is 153 Å². The van der Waals surface area contributed by atoms with E-state index in [-0.39, 0.29) is 17.5 Å². The summed E-state index contributed by atoms with van der Waals surface area (Å²) in [6.45, 7) is 1.72. The number of nitrogens with zero attached hydrogens (tertiary/aromatic N) is 1.